The number of benzene rings is 2. The van der Waals surface area contributed by atoms with Gasteiger partial charge >= 0.3 is 5.97 Å². The third-order valence-corrected chi connectivity index (χ3v) is 3.49. The molecule has 0 atom stereocenters. The molecule has 1 heterocycles. The van der Waals surface area contributed by atoms with Gasteiger partial charge in [0.25, 0.3) is 0 Å². The molecule has 0 unspecified atom stereocenters. The molecule has 0 aliphatic rings. The van der Waals surface area contributed by atoms with E-state index in [4.69, 9.17) is 4.74 Å². The molecule has 3 heteroatoms. The van der Waals surface area contributed by atoms with Crippen LogP contribution in [0, 0.1) is 0 Å². The number of carbonyl (C=O) groups excluding carboxylic acids is 1. The molecule has 0 amide bonds. The minimum absolute atomic E-state index is 0.326. The molecule has 0 spiro atoms. The van der Waals surface area contributed by atoms with Crippen molar-refractivity contribution in [3.63, 3.8) is 0 Å². The van der Waals surface area contributed by atoms with E-state index >= 15 is 0 Å². The molecule has 3 nitrogen and oxygen atoms in total. The van der Waals surface area contributed by atoms with Gasteiger partial charge in [0.1, 0.15) is 5.69 Å². The van der Waals surface area contributed by atoms with Gasteiger partial charge in [-0.1, -0.05) is 60.7 Å². The summed E-state index contributed by atoms with van der Waals surface area (Å²) in [4.78, 5) is 16.6. The highest BCUT2D eigenvalue weighted by atomic mass is 16.5. The van der Waals surface area contributed by atoms with E-state index in [1.807, 2.05) is 66.7 Å². The number of pyridine rings is 1. The SMILES string of the molecule is CCOC(=O)c1cc(-c2ccccc2)cc(-c2ccccc2)n1. The second kappa shape index (κ2) is 6.88. The highest BCUT2D eigenvalue weighted by Crippen LogP contribution is 2.26. The maximum Gasteiger partial charge on any atom is 0.356 e. The molecule has 0 radical (unpaired) electrons. The largest absolute Gasteiger partial charge is 0.461 e. The lowest BCUT2D eigenvalue weighted by molar-refractivity contribution is 0.0519. The first-order valence-electron chi connectivity index (χ1n) is 7.58. The first-order chi connectivity index (χ1) is 11.3. The van der Waals surface area contributed by atoms with Crippen LogP contribution < -0.4 is 0 Å². The summed E-state index contributed by atoms with van der Waals surface area (Å²) in [6, 6.07) is 23.5. The van der Waals surface area contributed by atoms with Gasteiger partial charge < -0.3 is 4.74 Å². The Kier molecular flexibility index (Phi) is 4.48. The van der Waals surface area contributed by atoms with Crippen LogP contribution in [0.1, 0.15) is 17.4 Å². The van der Waals surface area contributed by atoms with Gasteiger partial charge in [-0.25, -0.2) is 9.78 Å². The van der Waals surface area contributed by atoms with Gasteiger partial charge in [0.05, 0.1) is 12.3 Å². The molecule has 114 valence electrons. The number of carbonyl (C=O) groups is 1. The number of rotatable bonds is 4. The molecule has 0 saturated heterocycles. The van der Waals surface area contributed by atoms with Gasteiger partial charge in [0, 0.05) is 5.56 Å². The van der Waals surface area contributed by atoms with E-state index in [9.17, 15) is 4.79 Å². The Morgan fingerprint density at radius 2 is 1.48 bits per heavy atom. The number of hydrogen-bond acceptors (Lipinski definition) is 3. The van der Waals surface area contributed by atoms with E-state index in [1.54, 1.807) is 13.0 Å². The summed E-state index contributed by atoms with van der Waals surface area (Å²) >= 11 is 0. The first-order valence-corrected chi connectivity index (χ1v) is 7.58. The number of ether oxygens (including phenoxy) is 1. The van der Waals surface area contributed by atoms with Crippen LogP contribution in [0.4, 0.5) is 0 Å². The normalized spacial score (nSPS) is 10.3. The number of esters is 1. The molecule has 1 aromatic heterocycles. The van der Waals surface area contributed by atoms with Gasteiger partial charge in [0.15, 0.2) is 0 Å². The summed E-state index contributed by atoms with van der Waals surface area (Å²) in [6.07, 6.45) is 0. The predicted octanol–water partition coefficient (Wildman–Crippen LogP) is 4.59. The molecule has 0 saturated carbocycles. The lowest BCUT2D eigenvalue weighted by Gasteiger charge is -2.09. The quantitative estimate of drug-likeness (QED) is 0.662. The van der Waals surface area contributed by atoms with Crippen LogP contribution in [0.25, 0.3) is 22.4 Å². The zero-order valence-corrected chi connectivity index (χ0v) is 12.9. The van der Waals surface area contributed by atoms with Crippen molar-refractivity contribution in [1.29, 1.82) is 0 Å². The molecule has 2 aromatic carbocycles. The van der Waals surface area contributed by atoms with Crippen LogP contribution in [0.15, 0.2) is 72.8 Å². The summed E-state index contributed by atoms with van der Waals surface area (Å²) in [7, 11) is 0. The number of aromatic nitrogens is 1. The van der Waals surface area contributed by atoms with Crippen LogP contribution in [-0.2, 0) is 4.74 Å². The zero-order valence-electron chi connectivity index (χ0n) is 12.9. The van der Waals surface area contributed by atoms with Crippen LogP contribution in [-0.4, -0.2) is 17.6 Å². The monoisotopic (exact) mass is 303 g/mol. The summed E-state index contributed by atoms with van der Waals surface area (Å²) < 4.78 is 5.11. The second-order valence-corrected chi connectivity index (χ2v) is 5.08. The van der Waals surface area contributed by atoms with Crippen molar-refractivity contribution >= 4 is 5.97 Å². The van der Waals surface area contributed by atoms with E-state index in [1.165, 1.54) is 0 Å². The fourth-order valence-corrected chi connectivity index (χ4v) is 2.39. The molecule has 3 rings (SSSR count). The third-order valence-electron chi connectivity index (χ3n) is 3.49. The van der Waals surface area contributed by atoms with Gasteiger partial charge in [-0.15, -0.1) is 0 Å². The maximum absolute atomic E-state index is 12.1. The van der Waals surface area contributed by atoms with Crippen molar-refractivity contribution in [2.45, 2.75) is 6.92 Å². The summed E-state index contributed by atoms with van der Waals surface area (Å²) in [5.74, 6) is -0.400. The lowest BCUT2D eigenvalue weighted by Crippen LogP contribution is -2.08. The Labute approximate surface area is 135 Å². The number of nitrogens with zero attached hydrogens (tertiary/aromatic N) is 1. The van der Waals surface area contributed by atoms with Crippen LogP contribution >= 0.6 is 0 Å². The summed E-state index contributed by atoms with van der Waals surface area (Å²) in [6.45, 7) is 2.12. The smallest absolute Gasteiger partial charge is 0.356 e. The lowest BCUT2D eigenvalue weighted by atomic mass is 10.0. The Morgan fingerprint density at radius 1 is 0.870 bits per heavy atom. The van der Waals surface area contributed by atoms with Crippen molar-refractivity contribution < 1.29 is 9.53 Å². The minimum atomic E-state index is -0.400. The molecular formula is C20H17NO2. The van der Waals surface area contributed by atoms with Gasteiger partial charge in [0.2, 0.25) is 0 Å². The van der Waals surface area contributed by atoms with E-state index in [0.717, 1.165) is 22.4 Å². The molecule has 3 aromatic rings. The van der Waals surface area contributed by atoms with E-state index in [-0.39, 0.29) is 0 Å². The van der Waals surface area contributed by atoms with Crippen molar-refractivity contribution in [2.75, 3.05) is 6.61 Å². The fraction of sp³-hybridized carbons (Fsp3) is 0.100. The average Bonchev–Trinajstić information content (AvgIpc) is 2.63. The molecule has 0 bridgehead atoms. The van der Waals surface area contributed by atoms with Gasteiger partial charge in [-0.2, -0.15) is 0 Å². The summed E-state index contributed by atoms with van der Waals surface area (Å²) in [5, 5.41) is 0. The highest BCUT2D eigenvalue weighted by molar-refractivity contribution is 5.90. The van der Waals surface area contributed by atoms with Crippen LogP contribution in [0.3, 0.4) is 0 Å². The fourth-order valence-electron chi connectivity index (χ4n) is 2.39. The summed E-state index contributed by atoms with van der Waals surface area (Å²) in [5.41, 5.74) is 4.04. The second-order valence-electron chi connectivity index (χ2n) is 5.08. The van der Waals surface area contributed by atoms with E-state index in [2.05, 4.69) is 4.98 Å². The Balaban J connectivity index is 2.13. The first kappa shape index (κ1) is 15.0. The molecule has 0 N–H and O–H groups in total. The van der Waals surface area contributed by atoms with E-state index < -0.39 is 5.97 Å². The highest BCUT2D eigenvalue weighted by Gasteiger charge is 2.13. The Morgan fingerprint density at radius 3 is 2.09 bits per heavy atom. The van der Waals surface area contributed by atoms with Crippen molar-refractivity contribution in [3.05, 3.63) is 78.5 Å². The molecule has 23 heavy (non-hydrogen) atoms. The van der Waals surface area contributed by atoms with Crippen molar-refractivity contribution in [3.8, 4) is 22.4 Å². The van der Waals surface area contributed by atoms with Gasteiger partial charge in [-0.3, -0.25) is 0 Å². The van der Waals surface area contributed by atoms with E-state index in [0.29, 0.717) is 12.3 Å². The average molecular weight is 303 g/mol. The predicted molar refractivity (Wildman–Crippen MR) is 91.1 cm³/mol. The van der Waals surface area contributed by atoms with Crippen LogP contribution in [0.2, 0.25) is 0 Å². The standard InChI is InChI=1S/C20H17NO2/c1-2-23-20(22)19-14-17(15-9-5-3-6-10-15)13-18(21-19)16-11-7-4-8-12-16/h3-14H,2H2,1H3. The minimum Gasteiger partial charge on any atom is -0.461 e. The Hall–Kier alpha value is -2.94. The van der Waals surface area contributed by atoms with Gasteiger partial charge in [-0.05, 0) is 30.2 Å². The molecule has 0 fully saturated rings. The van der Waals surface area contributed by atoms with Crippen LogP contribution in [0.5, 0.6) is 0 Å². The molecule has 0 aliphatic carbocycles. The number of hydrogen-bond donors (Lipinski definition) is 0. The van der Waals surface area contributed by atoms with Crippen molar-refractivity contribution in [2.24, 2.45) is 0 Å². The maximum atomic E-state index is 12.1. The molecule has 0 aliphatic heterocycles. The molecular weight excluding hydrogens is 286 g/mol. The Bertz CT molecular complexity index is 741. The third kappa shape index (κ3) is 3.46. The zero-order chi connectivity index (χ0) is 16.1. The van der Waals surface area contributed by atoms with Crippen molar-refractivity contribution in [1.82, 2.24) is 4.98 Å². The topological polar surface area (TPSA) is 39.2 Å².